The van der Waals surface area contributed by atoms with Crippen molar-refractivity contribution in [3.05, 3.63) is 64.5 Å². The van der Waals surface area contributed by atoms with Gasteiger partial charge in [-0.1, -0.05) is 6.07 Å². The van der Waals surface area contributed by atoms with Crippen LogP contribution < -0.4 is 11.4 Å². The van der Waals surface area contributed by atoms with Crippen molar-refractivity contribution in [3.63, 3.8) is 0 Å². The number of pyridine rings is 1. The Labute approximate surface area is 115 Å². The standard InChI is InChI=1S/C15H14N4O/c1-10-7-18-15(20)19(8-10)9-11-4-5-13(16)12-3-2-6-17-14(11)12/h2-8H,9,16H2,1H3. The molecule has 0 fully saturated rings. The topological polar surface area (TPSA) is 73.8 Å². The van der Waals surface area contributed by atoms with E-state index in [0.717, 1.165) is 22.0 Å². The largest absolute Gasteiger partial charge is 0.398 e. The van der Waals surface area contributed by atoms with Crippen LogP contribution >= 0.6 is 0 Å². The predicted molar refractivity (Wildman–Crippen MR) is 78.5 cm³/mol. The Kier molecular flexibility index (Phi) is 2.95. The van der Waals surface area contributed by atoms with Crippen LogP contribution in [0.1, 0.15) is 11.1 Å². The number of nitrogens with zero attached hydrogens (tertiary/aromatic N) is 3. The van der Waals surface area contributed by atoms with Gasteiger partial charge in [0.25, 0.3) is 0 Å². The lowest BCUT2D eigenvalue weighted by molar-refractivity contribution is 0.723. The molecule has 0 radical (unpaired) electrons. The van der Waals surface area contributed by atoms with Crippen LogP contribution in [0.4, 0.5) is 5.69 Å². The van der Waals surface area contributed by atoms with Crippen LogP contribution in [0.3, 0.4) is 0 Å². The molecule has 0 aliphatic carbocycles. The quantitative estimate of drug-likeness (QED) is 0.717. The summed E-state index contributed by atoms with van der Waals surface area (Å²) in [4.78, 5) is 20.0. The molecule has 2 heterocycles. The second-order valence-corrected chi connectivity index (χ2v) is 4.76. The molecule has 0 aliphatic rings. The smallest absolute Gasteiger partial charge is 0.347 e. The van der Waals surface area contributed by atoms with Crippen LogP contribution in [-0.2, 0) is 6.54 Å². The van der Waals surface area contributed by atoms with Crippen LogP contribution in [0.5, 0.6) is 0 Å². The summed E-state index contributed by atoms with van der Waals surface area (Å²) in [6.45, 7) is 2.34. The van der Waals surface area contributed by atoms with Gasteiger partial charge in [0.05, 0.1) is 12.1 Å². The van der Waals surface area contributed by atoms with Gasteiger partial charge in [-0.3, -0.25) is 9.55 Å². The van der Waals surface area contributed by atoms with Crippen LogP contribution in [0.2, 0.25) is 0 Å². The van der Waals surface area contributed by atoms with Gasteiger partial charge in [0, 0.05) is 29.7 Å². The number of benzene rings is 1. The Hall–Kier alpha value is -2.69. The maximum Gasteiger partial charge on any atom is 0.347 e. The third-order valence-electron chi connectivity index (χ3n) is 3.21. The molecule has 0 saturated carbocycles. The molecule has 3 rings (SSSR count). The molecule has 0 amide bonds. The van der Waals surface area contributed by atoms with Gasteiger partial charge in [0.2, 0.25) is 0 Å². The fraction of sp³-hybridized carbons (Fsp3) is 0.133. The molecule has 2 N–H and O–H groups in total. The number of aromatic nitrogens is 3. The number of nitrogens with two attached hydrogens (primary N) is 1. The number of anilines is 1. The van der Waals surface area contributed by atoms with Crippen molar-refractivity contribution in [2.24, 2.45) is 0 Å². The van der Waals surface area contributed by atoms with Gasteiger partial charge in [0.1, 0.15) is 0 Å². The van der Waals surface area contributed by atoms with Crippen molar-refractivity contribution >= 4 is 16.6 Å². The lowest BCUT2D eigenvalue weighted by Gasteiger charge is -2.10. The number of nitrogen functional groups attached to an aromatic ring is 1. The van der Waals surface area contributed by atoms with E-state index in [1.165, 1.54) is 0 Å². The molecule has 2 aromatic heterocycles. The number of rotatable bonds is 2. The van der Waals surface area contributed by atoms with Gasteiger partial charge in [-0.05, 0) is 36.2 Å². The lowest BCUT2D eigenvalue weighted by Crippen LogP contribution is -2.23. The average molecular weight is 266 g/mol. The predicted octanol–water partition coefficient (Wildman–Crippen LogP) is 1.73. The fourth-order valence-electron chi connectivity index (χ4n) is 2.24. The molecule has 100 valence electrons. The SMILES string of the molecule is Cc1cnc(=O)n(Cc2ccc(N)c3cccnc23)c1. The summed E-state index contributed by atoms with van der Waals surface area (Å²) in [6, 6.07) is 7.52. The van der Waals surface area contributed by atoms with E-state index >= 15 is 0 Å². The Morgan fingerprint density at radius 1 is 1.25 bits per heavy atom. The highest BCUT2D eigenvalue weighted by Gasteiger charge is 2.07. The van der Waals surface area contributed by atoms with Crippen LogP contribution in [-0.4, -0.2) is 14.5 Å². The van der Waals surface area contributed by atoms with Gasteiger partial charge >= 0.3 is 5.69 Å². The van der Waals surface area contributed by atoms with E-state index in [-0.39, 0.29) is 5.69 Å². The molecule has 0 saturated heterocycles. The summed E-state index contributed by atoms with van der Waals surface area (Å²) in [5, 5.41) is 0.902. The third kappa shape index (κ3) is 2.14. The van der Waals surface area contributed by atoms with E-state index in [1.807, 2.05) is 31.2 Å². The Bertz CT molecular complexity index is 839. The number of hydrogen-bond acceptors (Lipinski definition) is 4. The summed E-state index contributed by atoms with van der Waals surface area (Å²) < 4.78 is 1.58. The van der Waals surface area contributed by atoms with E-state index in [0.29, 0.717) is 12.2 Å². The van der Waals surface area contributed by atoms with Crippen LogP contribution in [0, 0.1) is 6.92 Å². The third-order valence-corrected chi connectivity index (χ3v) is 3.21. The fourth-order valence-corrected chi connectivity index (χ4v) is 2.24. The molecule has 0 unspecified atom stereocenters. The maximum absolute atomic E-state index is 11.8. The summed E-state index contributed by atoms with van der Waals surface area (Å²) in [5.41, 5.74) is 9.08. The van der Waals surface area contributed by atoms with E-state index in [1.54, 1.807) is 23.2 Å². The second kappa shape index (κ2) is 4.77. The minimum absolute atomic E-state index is 0.267. The summed E-state index contributed by atoms with van der Waals surface area (Å²) in [5.74, 6) is 0. The van der Waals surface area contributed by atoms with Gasteiger partial charge < -0.3 is 5.73 Å². The zero-order valence-electron chi connectivity index (χ0n) is 11.1. The minimum Gasteiger partial charge on any atom is -0.398 e. The Morgan fingerprint density at radius 3 is 2.95 bits per heavy atom. The summed E-state index contributed by atoms with van der Waals surface area (Å²) >= 11 is 0. The van der Waals surface area contributed by atoms with E-state index in [4.69, 9.17) is 5.73 Å². The molecule has 0 spiro atoms. The molecule has 0 atom stereocenters. The average Bonchev–Trinajstić information content (AvgIpc) is 2.46. The molecular weight excluding hydrogens is 252 g/mol. The first kappa shape index (κ1) is 12.3. The summed E-state index contributed by atoms with van der Waals surface area (Å²) in [7, 11) is 0. The Balaban J connectivity index is 2.14. The second-order valence-electron chi connectivity index (χ2n) is 4.76. The molecular formula is C15H14N4O. The zero-order chi connectivity index (χ0) is 14.1. The first-order valence-corrected chi connectivity index (χ1v) is 6.30. The van der Waals surface area contributed by atoms with Crippen molar-refractivity contribution < 1.29 is 0 Å². The minimum atomic E-state index is -0.267. The first-order chi connectivity index (χ1) is 9.65. The van der Waals surface area contributed by atoms with Gasteiger partial charge in [-0.25, -0.2) is 9.78 Å². The maximum atomic E-state index is 11.8. The first-order valence-electron chi connectivity index (χ1n) is 6.30. The number of hydrogen-bond donors (Lipinski definition) is 1. The van der Waals surface area contributed by atoms with Crippen molar-refractivity contribution in [2.75, 3.05) is 5.73 Å². The zero-order valence-corrected chi connectivity index (χ0v) is 11.1. The van der Waals surface area contributed by atoms with Crippen LogP contribution in [0.15, 0.2) is 47.7 Å². The normalized spacial score (nSPS) is 10.8. The van der Waals surface area contributed by atoms with Crippen molar-refractivity contribution in [2.45, 2.75) is 13.5 Å². The molecule has 5 heteroatoms. The molecule has 5 nitrogen and oxygen atoms in total. The highest BCUT2D eigenvalue weighted by Crippen LogP contribution is 2.22. The molecule has 1 aromatic carbocycles. The highest BCUT2D eigenvalue weighted by molar-refractivity contribution is 5.92. The van der Waals surface area contributed by atoms with Crippen molar-refractivity contribution in [3.8, 4) is 0 Å². The monoisotopic (exact) mass is 266 g/mol. The van der Waals surface area contributed by atoms with Gasteiger partial charge in [0.15, 0.2) is 0 Å². The Morgan fingerprint density at radius 2 is 2.10 bits per heavy atom. The van der Waals surface area contributed by atoms with E-state index in [2.05, 4.69) is 9.97 Å². The molecule has 20 heavy (non-hydrogen) atoms. The summed E-state index contributed by atoms with van der Waals surface area (Å²) in [6.07, 6.45) is 5.08. The van der Waals surface area contributed by atoms with Crippen molar-refractivity contribution in [1.29, 1.82) is 0 Å². The molecule has 0 bridgehead atoms. The number of fused-ring (bicyclic) bond motifs is 1. The molecule has 0 aliphatic heterocycles. The van der Waals surface area contributed by atoms with Gasteiger partial charge in [-0.15, -0.1) is 0 Å². The van der Waals surface area contributed by atoms with E-state index < -0.39 is 0 Å². The highest BCUT2D eigenvalue weighted by atomic mass is 16.1. The molecule has 3 aromatic rings. The van der Waals surface area contributed by atoms with E-state index in [9.17, 15) is 4.79 Å². The lowest BCUT2D eigenvalue weighted by atomic mass is 10.1. The van der Waals surface area contributed by atoms with Gasteiger partial charge in [-0.2, -0.15) is 0 Å². The van der Waals surface area contributed by atoms with Crippen molar-refractivity contribution in [1.82, 2.24) is 14.5 Å². The number of aryl methyl sites for hydroxylation is 1. The van der Waals surface area contributed by atoms with Crippen LogP contribution in [0.25, 0.3) is 10.9 Å².